The molecule has 1 aromatic heterocycles. The second kappa shape index (κ2) is 11.6. The Hall–Kier alpha value is -4.05. The average molecular weight is 511 g/mol. The number of amides is 1. The minimum absolute atomic E-state index is 0.164. The molecule has 9 heteroatoms. The summed E-state index contributed by atoms with van der Waals surface area (Å²) in [6, 6.07) is 15.3. The number of carbonyl (C=O) groups is 1. The van der Waals surface area contributed by atoms with E-state index in [0.29, 0.717) is 29.4 Å². The summed E-state index contributed by atoms with van der Waals surface area (Å²) in [7, 11) is 2.15. The first-order chi connectivity index (χ1) is 18.4. The Bertz CT molecular complexity index is 1350. The molecule has 0 atom stereocenters. The number of hydrogen-bond acceptors (Lipinski definition) is 8. The molecule has 3 aromatic rings. The SMILES string of the molecule is Cc1ccc(NC(=O)c2ccc(CN3CCN(C)CC3)cc2)cc1Nc1nccc(C2=CN([O-])CC=C2)n1. The van der Waals surface area contributed by atoms with Gasteiger partial charge in [0.2, 0.25) is 5.95 Å². The molecule has 196 valence electrons. The quantitative estimate of drug-likeness (QED) is 0.487. The second-order valence-electron chi connectivity index (χ2n) is 9.74. The van der Waals surface area contributed by atoms with E-state index in [-0.39, 0.29) is 5.91 Å². The van der Waals surface area contributed by atoms with Crippen molar-refractivity contribution in [2.75, 3.05) is 50.4 Å². The fraction of sp³-hybridized carbons (Fsp3) is 0.276. The number of piperazine rings is 1. The number of carbonyl (C=O) groups excluding carboxylic acids is 1. The number of benzene rings is 2. The van der Waals surface area contributed by atoms with Gasteiger partial charge in [0, 0.05) is 68.0 Å². The standard InChI is InChI=1S/C29H32N7O2/c1-21-5-10-25(18-27(21)33-29-30-12-11-26(32-29)24-4-3-13-36(38)20-24)31-28(37)23-8-6-22(7-9-23)19-35-16-14-34(2)15-17-35/h3-12,18,20H,13-17,19H2,1-2H3,(H,31,37)(H,30,32,33)/q-1. The van der Waals surface area contributed by atoms with Crippen LogP contribution in [0.1, 0.15) is 27.2 Å². The molecule has 2 aliphatic rings. The van der Waals surface area contributed by atoms with Gasteiger partial charge >= 0.3 is 0 Å². The molecule has 5 rings (SSSR count). The number of hydroxylamine groups is 2. The molecule has 0 bridgehead atoms. The van der Waals surface area contributed by atoms with Gasteiger partial charge in [-0.1, -0.05) is 30.4 Å². The summed E-state index contributed by atoms with van der Waals surface area (Å²) in [4.78, 5) is 26.6. The third-order valence-electron chi connectivity index (χ3n) is 6.78. The number of likely N-dealkylation sites (N-methyl/N-ethyl adjacent to an activating group) is 1. The van der Waals surface area contributed by atoms with Gasteiger partial charge in [-0.2, -0.15) is 0 Å². The van der Waals surface area contributed by atoms with Crippen LogP contribution in [0.15, 0.2) is 73.1 Å². The average Bonchev–Trinajstić information content (AvgIpc) is 2.92. The summed E-state index contributed by atoms with van der Waals surface area (Å²) in [5.74, 6) is 0.240. The van der Waals surface area contributed by atoms with Crippen molar-refractivity contribution in [3.8, 4) is 0 Å². The van der Waals surface area contributed by atoms with Crippen molar-refractivity contribution in [1.82, 2.24) is 24.8 Å². The molecular weight excluding hydrogens is 478 g/mol. The zero-order chi connectivity index (χ0) is 26.5. The van der Waals surface area contributed by atoms with Crippen LogP contribution in [0.4, 0.5) is 17.3 Å². The zero-order valence-corrected chi connectivity index (χ0v) is 21.7. The molecule has 2 aliphatic heterocycles. The lowest BCUT2D eigenvalue weighted by Gasteiger charge is -2.32. The van der Waals surface area contributed by atoms with Crippen LogP contribution in [0.25, 0.3) is 5.57 Å². The number of hydrogen-bond donors (Lipinski definition) is 2. The molecule has 1 fully saturated rings. The maximum Gasteiger partial charge on any atom is 0.255 e. The predicted octanol–water partition coefficient (Wildman–Crippen LogP) is 4.24. The Kier molecular flexibility index (Phi) is 7.78. The summed E-state index contributed by atoms with van der Waals surface area (Å²) >= 11 is 0. The third kappa shape index (κ3) is 6.44. The van der Waals surface area contributed by atoms with Crippen LogP contribution in [0.2, 0.25) is 0 Å². The number of nitrogens with zero attached hydrogens (tertiary/aromatic N) is 5. The van der Waals surface area contributed by atoms with E-state index in [2.05, 4.69) is 37.4 Å². The highest BCUT2D eigenvalue weighted by molar-refractivity contribution is 6.04. The smallest absolute Gasteiger partial charge is 0.255 e. The highest BCUT2D eigenvalue weighted by Gasteiger charge is 2.15. The van der Waals surface area contributed by atoms with Crippen molar-refractivity contribution < 1.29 is 4.79 Å². The van der Waals surface area contributed by atoms with Crippen LogP contribution in [0.5, 0.6) is 0 Å². The molecule has 0 radical (unpaired) electrons. The molecule has 1 amide bonds. The molecule has 9 nitrogen and oxygen atoms in total. The van der Waals surface area contributed by atoms with Crippen LogP contribution >= 0.6 is 0 Å². The lowest BCUT2D eigenvalue weighted by molar-refractivity contribution is 0.102. The number of aryl methyl sites for hydroxylation is 1. The first-order valence-corrected chi connectivity index (χ1v) is 12.8. The Morgan fingerprint density at radius 1 is 1.05 bits per heavy atom. The number of nitrogens with one attached hydrogen (secondary N) is 2. The molecule has 0 aliphatic carbocycles. The topological polar surface area (TPSA) is 99.7 Å². The number of aromatic nitrogens is 2. The van der Waals surface area contributed by atoms with E-state index in [4.69, 9.17) is 0 Å². The fourth-order valence-corrected chi connectivity index (χ4v) is 4.45. The first-order valence-electron chi connectivity index (χ1n) is 12.8. The van der Waals surface area contributed by atoms with Crippen LogP contribution in [0, 0.1) is 12.1 Å². The molecule has 3 heterocycles. The van der Waals surface area contributed by atoms with Gasteiger partial charge < -0.3 is 25.8 Å². The van der Waals surface area contributed by atoms with Gasteiger partial charge in [0.1, 0.15) is 0 Å². The van der Waals surface area contributed by atoms with Crippen molar-refractivity contribution in [2.45, 2.75) is 13.5 Å². The van der Waals surface area contributed by atoms with Gasteiger partial charge in [-0.05, 0) is 61.6 Å². The van der Waals surface area contributed by atoms with Crippen molar-refractivity contribution in [2.24, 2.45) is 0 Å². The van der Waals surface area contributed by atoms with E-state index in [1.807, 2.05) is 55.5 Å². The predicted molar refractivity (Wildman–Crippen MR) is 151 cm³/mol. The summed E-state index contributed by atoms with van der Waals surface area (Å²) < 4.78 is 0. The Balaban J connectivity index is 1.23. The van der Waals surface area contributed by atoms with Gasteiger partial charge in [-0.15, -0.1) is 0 Å². The number of anilines is 3. The molecule has 1 saturated heterocycles. The lowest BCUT2D eigenvalue weighted by atomic mass is 10.1. The lowest BCUT2D eigenvalue weighted by Crippen LogP contribution is -2.43. The van der Waals surface area contributed by atoms with Crippen molar-refractivity contribution in [1.29, 1.82) is 0 Å². The van der Waals surface area contributed by atoms with Gasteiger partial charge in [0.05, 0.1) is 5.69 Å². The van der Waals surface area contributed by atoms with Crippen LogP contribution in [-0.2, 0) is 6.54 Å². The third-order valence-corrected chi connectivity index (χ3v) is 6.78. The maximum atomic E-state index is 12.9. The fourth-order valence-electron chi connectivity index (χ4n) is 4.45. The van der Waals surface area contributed by atoms with Crippen molar-refractivity contribution >= 4 is 28.8 Å². The van der Waals surface area contributed by atoms with Gasteiger partial charge in [0.25, 0.3) is 5.91 Å². The molecule has 0 spiro atoms. The highest BCUT2D eigenvalue weighted by Crippen LogP contribution is 2.25. The minimum atomic E-state index is -0.164. The number of allylic oxidation sites excluding steroid dienone is 2. The molecule has 2 aromatic carbocycles. The largest absolute Gasteiger partial charge is 0.758 e. The van der Waals surface area contributed by atoms with Crippen molar-refractivity contribution in [3.05, 3.63) is 101 Å². The summed E-state index contributed by atoms with van der Waals surface area (Å²) in [5, 5.41) is 18.8. The van der Waals surface area contributed by atoms with E-state index < -0.39 is 0 Å². The molecule has 0 saturated carbocycles. The first kappa shape index (κ1) is 25.6. The number of rotatable bonds is 7. The van der Waals surface area contributed by atoms with Gasteiger partial charge in [-0.3, -0.25) is 9.69 Å². The van der Waals surface area contributed by atoms with Gasteiger partial charge in [-0.25, -0.2) is 9.97 Å². The molecule has 38 heavy (non-hydrogen) atoms. The monoisotopic (exact) mass is 510 g/mol. The summed E-state index contributed by atoms with van der Waals surface area (Å²) in [6.45, 7) is 7.49. The van der Waals surface area contributed by atoms with E-state index in [0.717, 1.165) is 54.6 Å². The summed E-state index contributed by atoms with van der Waals surface area (Å²) in [5.41, 5.74) is 5.62. The van der Waals surface area contributed by atoms with E-state index >= 15 is 0 Å². The van der Waals surface area contributed by atoms with Crippen LogP contribution in [0.3, 0.4) is 0 Å². The second-order valence-corrected chi connectivity index (χ2v) is 9.74. The zero-order valence-electron chi connectivity index (χ0n) is 21.7. The van der Waals surface area contributed by atoms with Crippen LogP contribution in [-0.4, -0.2) is 70.5 Å². The van der Waals surface area contributed by atoms with E-state index in [1.165, 1.54) is 11.8 Å². The van der Waals surface area contributed by atoms with E-state index in [9.17, 15) is 10.0 Å². The maximum absolute atomic E-state index is 12.9. The molecular formula is C29H32N7O2-. The molecule has 2 N–H and O–H groups in total. The Morgan fingerprint density at radius 3 is 2.61 bits per heavy atom. The molecule has 0 unspecified atom stereocenters. The minimum Gasteiger partial charge on any atom is -0.758 e. The van der Waals surface area contributed by atoms with Crippen LogP contribution < -0.4 is 10.6 Å². The highest BCUT2D eigenvalue weighted by atomic mass is 16.5. The Morgan fingerprint density at radius 2 is 1.84 bits per heavy atom. The van der Waals surface area contributed by atoms with Crippen molar-refractivity contribution in [3.63, 3.8) is 0 Å². The van der Waals surface area contributed by atoms with Gasteiger partial charge in [0.15, 0.2) is 0 Å². The normalized spacial score (nSPS) is 16.3. The Labute approximate surface area is 223 Å². The summed E-state index contributed by atoms with van der Waals surface area (Å²) in [6.07, 6.45) is 6.85. The van der Waals surface area contributed by atoms with E-state index in [1.54, 1.807) is 18.3 Å².